The number of esters is 2. The van der Waals surface area contributed by atoms with E-state index in [2.05, 4.69) is 36.0 Å². The zero-order chi connectivity index (χ0) is 40.8. The van der Waals surface area contributed by atoms with Crippen molar-refractivity contribution in [2.45, 2.75) is 26.7 Å². The monoisotopic (exact) mass is 846 g/mol. The average Bonchev–Trinajstić information content (AvgIpc) is 3.75. The van der Waals surface area contributed by atoms with Crippen molar-refractivity contribution in [3.05, 3.63) is 49.1 Å². The summed E-state index contributed by atoms with van der Waals surface area (Å²) in [7, 11) is 3.08. The molecule has 2 aliphatic rings. The molecule has 0 saturated carbocycles. The normalized spacial score (nSPS) is 15.8. The fourth-order valence-electron chi connectivity index (χ4n) is 4.65. The zero-order valence-electron chi connectivity index (χ0n) is 30.6. The fraction of sp³-hybridized carbons (Fsp3) is 0.562. The molecule has 0 aliphatic carbocycles. The number of nitrogens with zero attached hydrogens (tertiary/aromatic N) is 5. The number of amides is 2. The van der Waals surface area contributed by atoms with Gasteiger partial charge in [-0.05, 0) is 45.8 Å². The summed E-state index contributed by atoms with van der Waals surface area (Å²) in [5.41, 5.74) is 0. The molecule has 2 aromatic rings. The van der Waals surface area contributed by atoms with E-state index in [4.69, 9.17) is 33.2 Å². The third-order valence-corrected chi connectivity index (χ3v) is 7.37. The van der Waals surface area contributed by atoms with Gasteiger partial charge in [-0.2, -0.15) is 0 Å². The minimum Gasteiger partial charge on any atom is -0.474 e. The molecule has 0 spiro atoms. The van der Waals surface area contributed by atoms with E-state index in [-0.39, 0.29) is 61.5 Å². The molecule has 2 atom stereocenters. The molecular formula is C32H43BrN6O16. The average molecular weight is 848 g/mol. The molecule has 304 valence electrons. The van der Waals surface area contributed by atoms with Gasteiger partial charge < -0.3 is 63.4 Å². The first-order valence-electron chi connectivity index (χ1n) is 16.6. The van der Waals surface area contributed by atoms with Gasteiger partial charge in [0.15, 0.2) is 13.2 Å². The maximum Gasteiger partial charge on any atom is 0.408 e. The van der Waals surface area contributed by atoms with E-state index in [9.17, 15) is 39.4 Å². The number of anilines is 1. The lowest BCUT2D eigenvalue weighted by molar-refractivity contribution is -0.390. The number of pyridine rings is 2. The van der Waals surface area contributed by atoms with Crippen LogP contribution in [-0.4, -0.2) is 124 Å². The molecule has 22 nitrogen and oxygen atoms in total. The molecule has 0 bridgehead atoms. The highest BCUT2D eigenvalue weighted by atomic mass is 79.9. The van der Waals surface area contributed by atoms with Crippen LogP contribution in [0.2, 0.25) is 0 Å². The second kappa shape index (κ2) is 25.1. The minimum atomic E-state index is -0.732. The second-order valence-corrected chi connectivity index (χ2v) is 12.0. The summed E-state index contributed by atoms with van der Waals surface area (Å²) in [5.74, 6) is -2.20. The van der Waals surface area contributed by atoms with Gasteiger partial charge in [-0.1, -0.05) is 0 Å². The lowest BCUT2D eigenvalue weighted by Gasteiger charge is -2.13. The largest absolute Gasteiger partial charge is 0.474 e. The molecule has 2 amide bonds. The van der Waals surface area contributed by atoms with Crippen molar-refractivity contribution in [3.8, 4) is 11.5 Å². The number of nitro groups is 2. The summed E-state index contributed by atoms with van der Waals surface area (Å²) in [5, 5.41) is 24.7. The van der Waals surface area contributed by atoms with Crippen molar-refractivity contribution in [3.63, 3.8) is 0 Å². The van der Waals surface area contributed by atoms with Gasteiger partial charge >= 0.3 is 23.6 Å². The van der Waals surface area contributed by atoms with Crippen molar-refractivity contribution in [1.29, 1.82) is 0 Å². The molecule has 2 aromatic heterocycles. The highest BCUT2D eigenvalue weighted by Gasteiger charge is 2.35. The Labute approximate surface area is 323 Å². The van der Waals surface area contributed by atoms with Crippen LogP contribution in [0.15, 0.2) is 28.9 Å². The Balaban J connectivity index is 0.000000317. The lowest BCUT2D eigenvalue weighted by atomic mass is 10.1. The predicted octanol–water partition coefficient (Wildman–Crippen LogP) is 2.34. The Morgan fingerprint density at radius 1 is 0.836 bits per heavy atom. The van der Waals surface area contributed by atoms with Crippen LogP contribution in [0.5, 0.6) is 11.5 Å². The van der Waals surface area contributed by atoms with Gasteiger partial charge in [-0.3, -0.25) is 14.5 Å². The van der Waals surface area contributed by atoms with Crippen molar-refractivity contribution < 1.29 is 66.9 Å². The summed E-state index contributed by atoms with van der Waals surface area (Å²) < 4.78 is 39.6. The van der Waals surface area contributed by atoms with Crippen LogP contribution in [0.4, 0.5) is 17.5 Å². The predicted molar refractivity (Wildman–Crippen MR) is 191 cm³/mol. The number of nitrogens with one attached hydrogen (secondary N) is 1. The topological polar surface area (TPSA) is 269 Å². The first-order valence-corrected chi connectivity index (χ1v) is 17.4. The Morgan fingerprint density at radius 3 is 1.85 bits per heavy atom. The van der Waals surface area contributed by atoms with Crippen molar-refractivity contribution in [2.24, 2.45) is 11.8 Å². The summed E-state index contributed by atoms with van der Waals surface area (Å²) in [4.78, 5) is 74.7. The summed E-state index contributed by atoms with van der Waals surface area (Å²) in [6.07, 6.45) is 0.837. The molecule has 0 unspecified atom stereocenters. The van der Waals surface area contributed by atoms with Gasteiger partial charge in [0.05, 0.1) is 26.4 Å². The molecule has 55 heavy (non-hydrogen) atoms. The second-order valence-electron chi connectivity index (χ2n) is 11.2. The third-order valence-electron chi connectivity index (χ3n) is 6.93. The maximum atomic E-state index is 12.2. The van der Waals surface area contributed by atoms with Gasteiger partial charge in [-0.25, -0.2) is 9.59 Å². The van der Waals surface area contributed by atoms with E-state index in [1.165, 1.54) is 36.3 Å². The standard InChI is InChI=1S/C16H21N3O8.C9H9BrN2O5.C7H13NO3/c1-3-26-15(21)9-27-12-4-5-13(17-16(12)19(22)23)18-7-11(6-14(18)20)8-25-10-24-2;1-2-16-8(13)5-17-6-3-4-7(10)11-9(6)12(14)15;1-10-5-11-4-6-2-7(9)8-3-6/h4-5,11H,3,6-10H2,1-2H3;3-4H,2,5H2,1H3;6H,2-5H2,1H3,(H,8,9)/t11-;;6-/m0.0/s1. The number of methoxy groups -OCH3 is 2. The van der Waals surface area contributed by atoms with Crippen LogP contribution in [0.3, 0.4) is 0 Å². The van der Waals surface area contributed by atoms with E-state index < -0.39 is 46.6 Å². The molecule has 23 heteroatoms. The number of rotatable bonds is 19. The van der Waals surface area contributed by atoms with Crippen LogP contribution in [0.1, 0.15) is 26.7 Å². The zero-order valence-corrected chi connectivity index (χ0v) is 32.2. The van der Waals surface area contributed by atoms with Crippen LogP contribution in [0, 0.1) is 32.1 Å². The highest BCUT2D eigenvalue weighted by molar-refractivity contribution is 9.10. The number of halogens is 1. The molecule has 0 radical (unpaired) electrons. The Kier molecular flexibility index (Phi) is 21.0. The Bertz CT molecular complexity index is 1600. The van der Waals surface area contributed by atoms with E-state index in [1.807, 2.05) is 0 Å². The van der Waals surface area contributed by atoms with Gasteiger partial charge in [0.2, 0.25) is 27.9 Å². The first-order chi connectivity index (χ1) is 26.3. The smallest absolute Gasteiger partial charge is 0.408 e. The molecule has 1 N–H and O–H groups in total. The Hall–Kier alpha value is -5.10. The summed E-state index contributed by atoms with van der Waals surface area (Å²) >= 11 is 3.01. The first kappa shape index (κ1) is 46.1. The van der Waals surface area contributed by atoms with Crippen LogP contribution in [-0.2, 0) is 47.6 Å². The third kappa shape index (κ3) is 16.8. The number of ether oxygens (including phenoxy) is 8. The number of carbonyl (C=O) groups is 4. The van der Waals surface area contributed by atoms with E-state index in [1.54, 1.807) is 21.0 Å². The Morgan fingerprint density at radius 2 is 1.36 bits per heavy atom. The minimum absolute atomic E-state index is 0.0618. The molecule has 4 heterocycles. The number of hydrogen-bond donors (Lipinski definition) is 1. The molecule has 4 rings (SSSR count). The highest BCUT2D eigenvalue weighted by Crippen LogP contribution is 2.31. The van der Waals surface area contributed by atoms with Crippen LogP contribution >= 0.6 is 15.9 Å². The number of hydrogen-bond acceptors (Lipinski definition) is 18. The molecule has 2 saturated heterocycles. The van der Waals surface area contributed by atoms with E-state index in [0.29, 0.717) is 43.5 Å². The molecule has 2 fully saturated rings. The lowest BCUT2D eigenvalue weighted by Crippen LogP contribution is -2.26. The van der Waals surface area contributed by atoms with Gasteiger partial charge in [0.25, 0.3) is 5.82 Å². The van der Waals surface area contributed by atoms with Gasteiger partial charge in [-0.15, -0.1) is 0 Å². The van der Waals surface area contributed by atoms with Crippen LogP contribution < -0.4 is 19.7 Å². The SMILES string of the molecule is CCOC(=O)COc1ccc(Br)nc1[N+](=O)[O-].CCOC(=O)COc1ccc(N2C[C@@H](COCOC)CC2=O)nc1[N+](=O)[O-].COCOC[C@@H]1CNC(=O)C1. The van der Waals surface area contributed by atoms with Crippen molar-refractivity contribution >= 4 is 57.1 Å². The number of aromatic nitrogens is 2. The maximum absolute atomic E-state index is 12.2. The van der Waals surface area contributed by atoms with Gasteiger partial charge in [0.1, 0.15) is 13.6 Å². The summed E-state index contributed by atoms with van der Waals surface area (Å²) in [6, 6.07) is 5.58. The molecule has 0 aromatic carbocycles. The summed E-state index contributed by atoms with van der Waals surface area (Å²) in [6.45, 7) is 5.26. The molecule has 2 aliphatic heterocycles. The quantitative estimate of drug-likeness (QED) is 0.0531. The van der Waals surface area contributed by atoms with Crippen LogP contribution in [0.25, 0.3) is 0 Å². The fourth-order valence-corrected chi connectivity index (χ4v) is 4.95. The number of carbonyl (C=O) groups excluding carboxylic acids is 4. The van der Waals surface area contributed by atoms with Crippen molar-refractivity contribution in [1.82, 2.24) is 15.3 Å². The van der Waals surface area contributed by atoms with Gasteiger partial charge in [0, 0.05) is 80.0 Å². The van der Waals surface area contributed by atoms with E-state index >= 15 is 0 Å². The van der Waals surface area contributed by atoms with Crippen molar-refractivity contribution in [2.75, 3.05) is 85.4 Å². The molecular weight excluding hydrogens is 804 g/mol. The van der Waals surface area contributed by atoms with E-state index in [0.717, 1.165) is 6.54 Å².